The summed E-state index contributed by atoms with van der Waals surface area (Å²) in [7, 11) is 0. The van der Waals surface area contributed by atoms with Gasteiger partial charge in [-0.25, -0.2) is 0 Å². The van der Waals surface area contributed by atoms with Crippen LogP contribution in [0.2, 0.25) is 0 Å². The molecule has 4 nitrogen and oxygen atoms in total. The summed E-state index contributed by atoms with van der Waals surface area (Å²) in [6, 6.07) is 8.06. The fourth-order valence-corrected chi connectivity index (χ4v) is 1.81. The van der Waals surface area contributed by atoms with Gasteiger partial charge in [0.1, 0.15) is 0 Å². The number of nitrogens with one attached hydrogen (secondary N) is 2. The lowest BCUT2D eigenvalue weighted by Gasteiger charge is -2.19. The van der Waals surface area contributed by atoms with E-state index in [9.17, 15) is 4.79 Å². The zero-order valence-electron chi connectivity index (χ0n) is 12.9. The van der Waals surface area contributed by atoms with Gasteiger partial charge in [0.2, 0.25) is 5.91 Å². The van der Waals surface area contributed by atoms with Crippen molar-refractivity contribution in [2.45, 2.75) is 40.3 Å². The molecule has 0 bridgehead atoms. The number of aliphatic hydroxyl groups excluding tert-OH is 1. The maximum absolute atomic E-state index is 11.7. The highest BCUT2D eigenvalue weighted by molar-refractivity contribution is 5.81. The monoisotopic (exact) mass is 278 g/mol. The maximum atomic E-state index is 11.7. The van der Waals surface area contributed by atoms with E-state index in [1.165, 1.54) is 0 Å². The molecule has 0 spiro atoms. The summed E-state index contributed by atoms with van der Waals surface area (Å²) >= 11 is 0. The third-order valence-electron chi connectivity index (χ3n) is 3.18. The summed E-state index contributed by atoms with van der Waals surface area (Å²) in [6.07, 6.45) is 0. The van der Waals surface area contributed by atoms with Crippen molar-refractivity contribution in [2.24, 2.45) is 5.41 Å². The highest BCUT2D eigenvalue weighted by Gasteiger charge is 2.20. The van der Waals surface area contributed by atoms with Crippen molar-refractivity contribution in [2.75, 3.05) is 13.1 Å². The van der Waals surface area contributed by atoms with Gasteiger partial charge >= 0.3 is 0 Å². The van der Waals surface area contributed by atoms with Gasteiger partial charge in [-0.05, 0) is 18.1 Å². The van der Waals surface area contributed by atoms with Crippen molar-refractivity contribution >= 4 is 5.91 Å². The fourth-order valence-electron chi connectivity index (χ4n) is 1.81. The lowest BCUT2D eigenvalue weighted by atomic mass is 9.96. The molecule has 0 aliphatic rings. The van der Waals surface area contributed by atoms with Crippen molar-refractivity contribution in [1.29, 1.82) is 0 Å². The Hall–Kier alpha value is -1.39. The Morgan fingerprint density at radius 3 is 2.60 bits per heavy atom. The number of amides is 1. The number of hydrogen-bond acceptors (Lipinski definition) is 3. The van der Waals surface area contributed by atoms with Gasteiger partial charge < -0.3 is 15.7 Å². The minimum atomic E-state index is -0.346. The Bertz CT molecular complexity index is 438. The van der Waals surface area contributed by atoms with Crippen LogP contribution in [0, 0.1) is 5.41 Å². The predicted octanol–water partition coefficient (Wildman–Crippen LogP) is 1.99. The maximum Gasteiger partial charge on any atom is 0.225 e. The van der Waals surface area contributed by atoms with Crippen molar-refractivity contribution in [3.05, 3.63) is 35.4 Å². The van der Waals surface area contributed by atoms with Gasteiger partial charge in [0, 0.05) is 24.5 Å². The fraction of sp³-hybridized carbons (Fsp3) is 0.562. The summed E-state index contributed by atoms with van der Waals surface area (Å²) in [4.78, 5) is 11.7. The van der Waals surface area contributed by atoms with Crippen molar-refractivity contribution in [3.63, 3.8) is 0 Å². The topological polar surface area (TPSA) is 61.4 Å². The number of carbonyl (C=O) groups is 1. The molecule has 4 heteroatoms. The van der Waals surface area contributed by atoms with E-state index in [0.29, 0.717) is 13.1 Å². The number of rotatable bonds is 6. The molecule has 1 unspecified atom stereocenters. The number of carbonyl (C=O) groups excluding carboxylic acids is 1. The van der Waals surface area contributed by atoms with Gasteiger partial charge in [0.05, 0.1) is 6.61 Å². The molecule has 0 aliphatic carbocycles. The van der Waals surface area contributed by atoms with Crippen molar-refractivity contribution < 1.29 is 9.90 Å². The third kappa shape index (κ3) is 5.31. The van der Waals surface area contributed by atoms with Gasteiger partial charge in [-0.1, -0.05) is 45.0 Å². The molecule has 1 amide bonds. The molecule has 0 saturated carbocycles. The first kappa shape index (κ1) is 16.7. The molecule has 0 fully saturated rings. The summed E-state index contributed by atoms with van der Waals surface area (Å²) < 4.78 is 0. The van der Waals surface area contributed by atoms with Gasteiger partial charge in [0.25, 0.3) is 0 Å². The van der Waals surface area contributed by atoms with E-state index in [2.05, 4.69) is 17.6 Å². The number of benzene rings is 1. The van der Waals surface area contributed by atoms with Crippen molar-refractivity contribution in [3.8, 4) is 0 Å². The van der Waals surface area contributed by atoms with E-state index in [1.54, 1.807) is 0 Å². The van der Waals surface area contributed by atoms with Crippen LogP contribution < -0.4 is 10.6 Å². The van der Waals surface area contributed by atoms with Crippen LogP contribution in [-0.4, -0.2) is 24.1 Å². The van der Waals surface area contributed by atoms with E-state index >= 15 is 0 Å². The molecular weight excluding hydrogens is 252 g/mol. The van der Waals surface area contributed by atoms with Gasteiger partial charge in [-0.2, -0.15) is 0 Å². The normalized spacial score (nSPS) is 13.1. The first-order valence-corrected chi connectivity index (χ1v) is 7.06. The lowest BCUT2D eigenvalue weighted by molar-refractivity contribution is -0.128. The molecule has 20 heavy (non-hydrogen) atoms. The molecule has 112 valence electrons. The molecule has 0 aliphatic heterocycles. The Balaban J connectivity index is 2.36. The molecule has 0 aromatic heterocycles. The Labute approximate surface area is 121 Å². The first-order valence-electron chi connectivity index (χ1n) is 7.06. The average molecular weight is 278 g/mol. The van der Waals surface area contributed by atoms with E-state index in [4.69, 9.17) is 5.11 Å². The third-order valence-corrected chi connectivity index (χ3v) is 3.18. The Morgan fingerprint density at radius 1 is 1.30 bits per heavy atom. The number of aliphatic hydroxyl groups is 1. The summed E-state index contributed by atoms with van der Waals surface area (Å²) in [6.45, 7) is 9.16. The molecule has 1 aromatic rings. The zero-order valence-corrected chi connectivity index (χ0v) is 12.9. The van der Waals surface area contributed by atoms with Gasteiger partial charge in [-0.15, -0.1) is 0 Å². The standard InChI is InChI=1S/C16H26N2O2/c1-12(14-7-5-6-13(10-14)11-19)17-8-9-18-15(20)16(2,3)4/h5-7,10,12,17,19H,8-9,11H2,1-4H3,(H,18,20). The molecule has 1 aromatic carbocycles. The largest absolute Gasteiger partial charge is 0.392 e. The average Bonchev–Trinajstić information content (AvgIpc) is 2.42. The molecular formula is C16H26N2O2. The Kier molecular flexibility index (Phi) is 6.17. The second kappa shape index (κ2) is 7.41. The van der Waals surface area contributed by atoms with Crippen LogP contribution in [-0.2, 0) is 11.4 Å². The van der Waals surface area contributed by atoms with Crippen LogP contribution in [0.5, 0.6) is 0 Å². The SMILES string of the molecule is CC(NCCNC(=O)C(C)(C)C)c1cccc(CO)c1. The van der Waals surface area contributed by atoms with Crippen LogP contribution in [0.1, 0.15) is 44.9 Å². The molecule has 1 atom stereocenters. The molecule has 0 saturated heterocycles. The summed E-state index contributed by atoms with van der Waals surface area (Å²) in [5, 5.41) is 15.4. The first-order chi connectivity index (χ1) is 9.34. The van der Waals surface area contributed by atoms with Gasteiger partial charge in [0.15, 0.2) is 0 Å². The number of hydrogen-bond donors (Lipinski definition) is 3. The van der Waals surface area contributed by atoms with Crippen LogP contribution in [0.4, 0.5) is 0 Å². The minimum absolute atomic E-state index is 0.0577. The van der Waals surface area contributed by atoms with Crippen LogP contribution >= 0.6 is 0 Å². The van der Waals surface area contributed by atoms with E-state index < -0.39 is 0 Å². The second-order valence-electron chi connectivity index (χ2n) is 6.08. The highest BCUT2D eigenvalue weighted by atomic mass is 16.3. The molecule has 0 heterocycles. The zero-order chi connectivity index (χ0) is 15.2. The van der Waals surface area contributed by atoms with Gasteiger partial charge in [-0.3, -0.25) is 4.79 Å². The second-order valence-corrected chi connectivity index (χ2v) is 6.08. The Morgan fingerprint density at radius 2 is 2.00 bits per heavy atom. The van der Waals surface area contributed by atoms with E-state index in [-0.39, 0.29) is 24.0 Å². The summed E-state index contributed by atoms with van der Waals surface area (Å²) in [5.41, 5.74) is 1.71. The highest BCUT2D eigenvalue weighted by Crippen LogP contribution is 2.14. The van der Waals surface area contributed by atoms with E-state index in [1.807, 2.05) is 45.0 Å². The van der Waals surface area contributed by atoms with E-state index in [0.717, 1.165) is 11.1 Å². The molecule has 3 N–H and O–H groups in total. The predicted molar refractivity (Wildman–Crippen MR) is 81.2 cm³/mol. The van der Waals surface area contributed by atoms with Crippen molar-refractivity contribution in [1.82, 2.24) is 10.6 Å². The molecule has 0 radical (unpaired) electrons. The molecule has 1 rings (SSSR count). The minimum Gasteiger partial charge on any atom is -0.392 e. The summed E-state index contributed by atoms with van der Waals surface area (Å²) in [5.74, 6) is 0.0641. The van der Waals surface area contributed by atoms with Crippen LogP contribution in [0.15, 0.2) is 24.3 Å². The van der Waals surface area contributed by atoms with Crippen LogP contribution in [0.3, 0.4) is 0 Å². The lowest BCUT2D eigenvalue weighted by Crippen LogP contribution is -2.39. The van der Waals surface area contributed by atoms with Crippen LogP contribution in [0.25, 0.3) is 0 Å². The quantitative estimate of drug-likeness (QED) is 0.697. The smallest absolute Gasteiger partial charge is 0.225 e.